The van der Waals surface area contributed by atoms with Gasteiger partial charge in [-0.15, -0.1) is 0 Å². The number of rotatable bonds is 10. The first-order valence-electron chi connectivity index (χ1n) is 8.33. The zero-order chi connectivity index (χ0) is 19.8. The van der Waals surface area contributed by atoms with Crippen LogP contribution in [0, 0.1) is 0 Å². The third-order valence-electron chi connectivity index (χ3n) is 3.84. The molecule has 3 N–H and O–H groups in total. The fourth-order valence-electron chi connectivity index (χ4n) is 2.47. The minimum absolute atomic E-state index is 0.00726. The maximum absolute atomic E-state index is 11.2. The summed E-state index contributed by atoms with van der Waals surface area (Å²) in [5.41, 5.74) is 6.09. The van der Waals surface area contributed by atoms with E-state index in [0.29, 0.717) is 28.1 Å². The van der Waals surface area contributed by atoms with Crippen molar-refractivity contribution in [3.63, 3.8) is 0 Å². The van der Waals surface area contributed by atoms with Crippen LogP contribution in [0.5, 0.6) is 11.5 Å². The molecule has 2 aromatic carbocycles. The van der Waals surface area contributed by atoms with Crippen molar-refractivity contribution < 1.29 is 19.4 Å². The van der Waals surface area contributed by atoms with Gasteiger partial charge in [-0.2, -0.15) is 0 Å². The van der Waals surface area contributed by atoms with Gasteiger partial charge in [0, 0.05) is 25.2 Å². The van der Waals surface area contributed by atoms with Crippen molar-refractivity contribution in [2.45, 2.75) is 12.5 Å². The number of aliphatic hydroxyl groups excluding tert-OH is 1. The number of methoxy groups -OCH3 is 1. The Labute approximate surface area is 168 Å². The van der Waals surface area contributed by atoms with Crippen LogP contribution in [0.1, 0.15) is 6.42 Å². The van der Waals surface area contributed by atoms with Crippen LogP contribution in [0.4, 0.5) is 5.69 Å². The number of carbonyl (C=O) groups is 1. The monoisotopic (exact) mass is 412 g/mol. The third kappa shape index (κ3) is 6.50. The van der Waals surface area contributed by atoms with E-state index in [-0.39, 0.29) is 19.6 Å². The van der Waals surface area contributed by atoms with E-state index in [1.54, 1.807) is 37.4 Å². The summed E-state index contributed by atoms with van der Waals surface area (Å²) in [5.74, 6) is 0.626. The quantitative estimate of drug-likeness (QED) is 0.625. The van der Waals surface area contributed by atoms with Crippen molar-refractivity contribution in [3.05, 3.63) is 52.5 Å². The van der Waals surface area contributed by atoms with Crippen LogP contribution in [-0.2, 0) is 4.79 Å². The molecule has 0 aliphatic carbocycles. The van der Waals surface area contributed by atoms with Crippen LogP contribution in [0.25, 0.3) is 0 Å². The second-order valence-corrected chi connectivity index (χ2v) is 6.69. The summed E-state index contributed by atoms with van der Waals surface area (Å²) in [6, 6.07) is 12.3. The number of anilines is 1. The molecule has 2 rings (SSSR count). The fraction of sp³-hybridized carbons (Fsp3) is 0.316. The van der Waals surface area contributed by atoms with E-state index in [2.05, 4.69) is 0 Å². The number of aliphatic hydroxyl groups is 1. The molecule has 0 aliphatic heterocycles. The molecule has 0 aromatic heterocycles. The van der Waals surface area contributed by atoms with E-state index in [1.165, 1.54) is 0 Å². The second-order valence-electron chi connectivity index (χ2n) is 5.88. The van der Waals surface area contributed by atoms with Gasteiger partial charge >= 0.3 is 0 Å². The zero-order valence-corrected chi connectivity index (χ0v) is 16.4. The minimum Gasteiger partial charge on any atom is -0.497 e. The molecule has 0 unspecified atom stereocenters. The molecular formula is C19H22Cl2N2O4. The predicted octanol–water partition coefficient (Wildman–Crippen LogP) is 3.12. The fourth-order valence-corrected chi connectivity index (χ4v) is 2.98. The van der Waals surface area contributed by atoms with Crippen molar-refractivity contribution in [2.75, 3.05) is 31.7 Å². The van der Waals surface area contributed by atoms with Gasteiger partial charge in [0.05, 0.1) is 17.2 Å². The smallest absolute Gasteiger partial charge is 0.219 e. The van der Waals surface area contributed by atoms with Gasteiger partial charge in [-0.1, -0.05) is 29.3 Å². The number of benzene rings is 2. The first-order valence-corrected chi connectivity index (χ1v) is 9.08. The summed E-state index contributed by atoms with van der Waals surface area (Å²) >= 11 is 12.1. The van der Waals surface area contributed by atoms with Crippen LogP contribution in [0.3, 0.4) is 0 Å². The summed E-state index contributed by atoms with van der Waals surface area (Å²) in [6.45, 7) is 0.597. The Balaban J connectivity index is 2.03. The molecular weight excluding hydrogens is 391 g/mol. The van der Waals surface area contributed by atoms with Crippen LogP contribution >= 0.6 is 23.2 Å². The molecule has 0 saturated carbocycles. The first-order chi connectivity index (χ1) is 12.9. The molecule has 0 heterocycles. The van der Waals surface area contributed by atoms with E-state index in [4.69, 9.17) is 38.4 Å². The lowest BCUT2D eigenvalue weighted by atomic mass is 10.2. The maximum atomic E-state index is 11.2. The van der Waals surface area contributed by atoms with Gasteiger partial charge in [0.2, 0.25) is 5.91 Å². The summed E-state index contributed by atoms with van der Waals surface area (Å²) < 4.78 is 10.7. The number of para-hydroxylation sites is 1. The average molecular weight is 413 g/mol. The standard InChI is InChI=1S/C19H22Cl2N2O4/c1-26-15-7-5-13(6-8-15)23(10-9-18(22)25)11-14(24)12-27-19-16(20)3-2-4-17(19)21/h2-8,14,24H,9-12H2,1H3,(H2,22,25)/t14-/m0/s1. The molecule has 0 radical (unpaired) electrons. The summed E-state index contributed by atoms with van der Waals surface area (Å²) in [4.78, 5) is 13.0. The molecule has 0 saturated heterocycles. The normalized spacial score (nSPS) is 11.7. The largest absolute Gasteiger partial charge is 0.497 e. The Kier molecular flexibility index (Phi) is 8.03. The van der Waals surface area contributed by atoms with Gasteiger partial charge in [-0.25, -0.2) is 0 Å². The molecule has 0 spiro atoms. The molecule has 1 atom stereocenters. The minimum atomic E-state index is -0.840. The number of primary amides is 1. The van der Waals surface area contributed by atoms with Crippen molar-refractivity contribution in [1.29, 1.82) is 0 Å². The number of nitrogens with two attached hydrogens (primary N) is 1. The van der Waals surface area contributed by atoms with Crippen LogP contribution in [-0.4, -0.2) is 43.9 Å². The molecule has 27 heavy (non-hydrogen) atoms. The highest BCUT2D eigenvalue weighted by Crippen LogP contribution is 2.32. The van der Waals surface area contributed by atoms with Crippen molar-refractivity contribution in [3.8, 4) is 11.5 Å². The maximum Gasteiger partial charge on any atom is 0.219 e. The number of amides is 1. The lowest BCUT2D eigenvalue weighted by Gasteiger charge is -2.27. The van der Waals surface area contributed by atoms with Crippen molar-refractivity contribution >= 4 is 34.8 Å². The highest BCUT2D eigenvalue weighted by molar-refractivity contribution is 6.37. The lowest BCUT2D eigenvalue weighted by molar-refractivity contribution is -0.117. The van der Waals surface area contributed by atoms with Crippen molar-refractivity contribution in [1.82, 2.24) is 0 Å². The van der Waals surface area contributed by atoms with Gasteiger partial charge in [-0.05, 0) is 36.4 Å². The van der Waals surface area contributed by atoms with E-state index < -0.39 is 12.0 Å². The summed E-state index contributed by atoms with van der Waals surface area (Å²) in [7, 11) is 1.58. The van der Waals surface area contributed by atoms with Gasteiger partial charge in [0.15, 0.2) is 5.75 Å². The van der Waals surface area contributed by atoms with E-state index in [1.807, 2.05) is 17.0 Å². The zero-order valence-electron chi connectivity index (χ0n) is 14.9. The number of nitrogens with zero attached hydrogens (tertiary/aromatic N) is 1. The van der Waals surface area contributed by atoms with Gasteiger partial charge in [-0.3, -0.25) is 4.79 Å². The highest BCUT2D eigenvalue weighted by Gasteiger charge is 2.16. The van der Waals surface area contributed by atoms with Gasteiger partial charge in [0.25, 0.3) is 0 Å². The summed E-state index contributed by atoms with van der Waals surface area (Å²) in [6.07, 6.45) is -0.678. The topological polar surface area (TPSA) is 85.0 Å². The van der Waals surface area contributed by atoms with Gasteiger partial charge < -0.3 is 25.2 Å². The SMILES string of the molecule is COc1ccc(N(CCC(N)=O)C[C@H](O)COc2c(Cl)cccc2Cl)cc1. The van der Waals surface area contributed by atoms with Gasteiger partial charge in [0.1, 0.15) is 18.5 Å². The Morgan fingerprint density at radius 3 is 2.37 bits per heavy atom. The lowest BCUT2D eigenvalue weighted by Crippen LogP contribution is -2.37. The number of hydrogen-bond donors (Lipinski definition) is 2. The molecule has 0 aliphatic rings. The Bertz CT molecular complexity index is 736. The van der Waals surface area contributed by atoms with Crippen LogP contribution in [0.2, 0.25) is 10.0 Å². The second kappa shape index (κ2) is 10.3. The Morgan fingerprint density at radius 2 is 1.81 bits per heavy atom. The Hall–Kier alpha value is -2.15. The van der Waals surface area contributed by atoms with Crippen LogP contribution in [0.15, 0.2) is 42.5 Å². The van der Waals surface area contributed by atoms with Crippen LogP contribution < -0.4 is 20.1 Å². The van der Waals surface area contributed by atoms with Crippen molar-refractivity contribution in [2.24, 2.45) is 5.73 Å². The number of ether oxygens (including phenoxy) is 2. The molecule has 0 fully saturated rings. The molecule has 8 heteroatoms. The molecule has 2 aromatic rings. The highest BCUT2D eigenvalue weighted by atomic mass is 35.5. The molecule has 146 valence electrons. The average Bonchev–Trinajstić information content (AvgIpc) is 2.64. The number of carbonyl (C=O) groups excluding carboxylic acids is 1. The van der Waals surface area contributed by atoms with E-state index >= 15 is 0 Å². The number of halogens is 2. The molecule has 0 bridgehead atoms. The number of hydrogen-bond acceptors (Lipinski definition) is 5. The molecule has 1 amide bonds. The third-order valence-corrected chi connectivity index (χ3v) is 4.43. The summed E-state index contributed by atoms with van der Waals surface area (Å²) in [5, 5.41) is 11.1. The molecule has 6 nitrogen and oxygen atoms in total. The Morgan fingerprint density at radius 1 is 1.19 bits per heavy atom. The van der Waals surface area contributed by atoms with E-state index in [9.17, 15) is 9.90 Å². The first kappa shape index (κ1) is 21.2. The van der Waals surface area contributed by atoms with E-state index in [0.717, 1.165) is 5.69 Å². The predicted molar refractivity (Wildman–Crippen MR) is 107 cm³/mol.